The van der Waals surface area contributed by atoms with Crippen LogP contribution in [0.25, 0.3) is 0 Å². The molecule has 0 spiro atoms. The first-order valence-corrected chi connectivity index (χ1v) is 8.09. The predicted octanol–water partition coefficient (Wildman–Crippen LogP) is 3.92. The van der Waals surface area contributed by atoms with Crippen LogP contribution in [-0.4, -0.2) is 25.7 Å². The third-order valence-corrected chi connectivity index (χ3v) is 3.35. The summed E-state index contributed by atoms with van der Waals surface area (Å²) >= 11 is 0. The molecule has 0 saturated heterocycles. The zero-order valence-electron chi connectivity index (χ0n) is 13.2. The number of rotatable bonds is 13. The lowest BCUT2D eigenvalue weighted by Crippen LogP contribution is -2.28. The first-order chi connectivity index (χ1) is 9.22. The van der Waals surface area contributed by atoms with Gasteiger partial charge in [-0.05, 0) is 19.9 Å². The van der Waals surface area contributed by atoms with E-state index < -0.39 is 0 Å². The number of hydrogen-bond donors (Lipinski definition) is 1. The highest BCUT2D eigenvalue weighted by Crippen LogP contribution is 2.07. The summed E-state index contributed by atoms with van der Waals surface area (Å²) in [4.78, 5) is 11.4. The van der Waals surface area contributed by atoms with E-state index in [9.17, 15) is 4.79 Å². The third-order valence-electron chi connectivity index (χ3n) is 3.35. The Morgan fingerprint density at radius 1 is 1.00 bits per heavy atom. The second kappa shape index (κ2) is 13.9. The Labute approximate surface area is 119 Å². The summed E-state index contributed by atoms with van der Waals surface area (Å²) in [7, 11) is 0. The molecule has 0 amide bonds. The predicted molar refractivity (Wildman–Crippen MR) is 81.3 cm³/mol. The molecule has 1 unspecified atom stereocenters. The zero-order chi connectivity index (χ0) is 14.3. The van der Waals surface area contributed by atoms with Gasteiger partial charge in [0, 0.05) is 6.54 Å². The van der Waals surface area contributed by atoms with E-state index in [2.05, 4.69) is 12.2 Å². The van der Waals surface area contributed by atoms with E-state index >= 15 is 0 Å². The highest BCUT2D eigenvalue weighted by molar-refractivity contribution is 5.72. The van der Waals surface area contributed by atoms with Crippen LogP contribution < -0.4 is 5.32 Å². The summed E-state index contributed by atoms with van der Waals surface area (Å²) in [6, 6.07) is 0. The van der Waals surface area contributed by atoms with E-state index in [-0.39, 0.29) is 11.9 Å². The van der Waals surface area contributed by atoms with Crippen molar-refractivity contribution < 1.29 is 9.53 Å². The van der Waals surface area contributed by atoms with Crippen molar-refractivity contribution in [2.45, 2.75) is 72.1 Å². The number of ether oxygens (including phenoxy) is 1. The first-order valence-electron chi connectivity index (χ1n) is 8.09. The van der Waals surface area contributed by atoms with Gasteiger partial charge >= 0.3 is 5.97 Å². The molecule has 0 heterocycles. The van der Waals surface area contributed by atoms with Crippen molar-refractivity contribution in [2.75, 3.05) is 19.7 Å². The molecule has 19 heavy (non-hydrogen) atoms. The molecule has 0 aliphatic rings. The van der Waals surface area contributed by atoms with Gasteiger partial charge in [-0.3, -0.25) is 4.79 Å². The van der Waals surface area contributed by atoms with Crippen LogP contribution in [0, 0.1) is 5.92 Å². The van der Waals surface area contributed by atoms with Crippen molar-refractivity contribution in [3.8, 4) is 0 Å². The Morgan fingerprint density at radius 2 is 1.58 bits per heavy atom. The summed E-state index contributed by atoms with van der Waals surface area (Å²) < 4.78 is 4.97. The molecular weight excluding hydrogens is 238 g/mol. The van der Waals surface area contributed by atoms with Gasteiger partial charge in [0.1, 0.15) is 0 Å². The maximum atomic E-state index is 11.4. The molecule has 0 bridgehead atoms. The fourth-order valence-corrected chi connectivity index (χ4v) is 2.07. The van der Waals surface area contributed by atoms with E-state index in [0.717, 1.165) is 13.1 Å². The van der Waals surface area contributed by atoms with Crippen LogP contribution in [0.3, 0.4) is 0 Å². The Bertz CT molecular complexity index is 207. The fraction of sp³-hybridized carbons (Fsp3) is 0.938. The molecule has 114 valence electrons. The Hall–Kier alpha value is -0.570. The van der Waals surface area contributed by atoms with E-state index in [4.69, 9.17) is 4.74 Å². The highest BCUT2D eigenvalue weighted by atomic mass is 16.5. The van der Waals surface area contributed by atoms with Gasteiger partial charge in [-0.2, -0.15) is 0 Å². The summed E-state index contributed by atoms with van der Waals surface area (Å²) in [5.41, 5.74) is 0. The van der Waals surface area contributed by atoms with Gasteiger partial charge in [0.05, 0.1) is 12.5 Å². The first kappa shape index (κ1) is 18.4. The molecular formula is C16H33NO2. The fourth-order valence-electron chi connectivity index (χ4n) is 2.07. The Kier molecular flexibility index (Phi) is 13.4. The molecule has 0 radical (unpaired) electrons. The molecule has 0 aromatic carbocycles. The third kappa shape index (κ3) is 12.2. The number of hydrogen-bond acceptors (Lipinski definition) is 3. The van der Waals surface area contributed by atoms with Crippen molar-refractivity contribution in [1.29, 1.82) is 0 Å². The van der Waals surface area contributed by atoms with Crippen molar-refractivity contribution in [1.82, 2.24) is 5.32 Å². The van der Waals surface area contributed by atoms with Crippen LogP contribution in [0.4, 0.5) is 0 Å². The number of esters is 1. The summed E-state index contributed by atoms with van der Waals surface area (Å²) in [5.74, 6) is -0.125. The maximum Gasteiger partial charge on any atom is 0.309 e. The summed E-state index contributed by atoms with van der Waals surface area (Å²) in [6.45, 7) is 8.23. The van der Waals surface area contributed by atoms with Crippen molar-refractivity contribution >= 4 is 5.97 Å². The molecule has 3 heteroatoms. The minimum absolute atomic E-state index is 0.0333. The molecule has 0 saturated carbocycles. The lowest BCUT2D eigenvalue weighted by atomic mass is 10.1. The summed E-state index contributed by atoms with van der Waals surface area (Å²) in [5, 5.41) is 3.33. The minimum atomic E-state index is -0.0917. The minimum Gasteiger partial charge on any atom is -0.466 e. The molecule has 1 atom stereocenters. The van der Waals surface area contributed by atoms with Crippen LogP contribution >= 0.6 is 0 Å². The smallest absolute Gasteiger partial charge is 0.309 e. The van der Waals surface area contributed by atoms with E-state index in [1.54, 1.807) is 0 Å². The average Bonchev–Trinajstić information content (AvgIpc) is 2.41. The number of unbranched alkanes of at least 4 members (excludes halogenated alkanes) is 7. The van der Waals surface area contributed by atoms with Crippen molar-refractivity contribution in [2.24, 2.45) is 5.92 Å². The quantitative estimate of drug-likeness (QED) is 0.407. The SMILES string of the molecule is CCCCCCCCCCNCC(C)C(=O)OCC. The highest BCUT2D eigenvalue weighted by Gasteiger charge is 2.12. The molecule has 3 nitrogen and oxygen atoms in total. The van der Waals surface area contributed by atoms with Gasteiger partial charge in [-0.1, -0.05) is 58.8 Å². The molecule has 0 aromatic rings. The lowest BCUT2D eigenvalue weighted by molar-refractivity contribution is -0.147. The maximum absolute atomic E-state index is 11.4. The molecule has 1 N–H and O–H groups in total. The van der Waals surface area contributed by atoms with Crippen LogP contribution in [0.15, 0.2) is 0 Å². The normalized spacial score (nSPS) is 12.4. The second-order valence-electron chi connectivity index (χ2n) is 5.33. The second-order valence-corrected chi connectivity index (χ2v) is 5.33. The van der Waals surface area contributed by atoms with Crippen LogP contribution in [0.2, 0.25) is 0 Å². The van der Waals surface area contributed by atoms with Gasteiger partial charge in [0.15, 0.2) is 0 Å². The molecule has 0 fully saturated rings. The molecule has 0 aliphatic heterocycles. The van der Waals surface area contributed by atoms with Crippen LogP contribution in [0.5, 0.6) is 0 Å². The monoisotopic (exact) mass is 271 g/mol. The average molecular weight is 271 g/mol. The molecule has 0 rings (SSSR count). The van der Waals surface area contributed by atoms with E-state index in [1.165, 1.54) is 51.4 Å². The number of carbonyl (C=O) groups excluding carboxylic acids is 1. The van der Waals surface area contributed by atoms with E-state index in [1.807, 2.05) is 13.8 Å². The van der Waals surface area contributed by atoms with Gasteiger partial charge in [0.25, 0.3) is 0 Å². The van der Waals surface area contributed by atoms with Gasteiger partial charge in [0.2, 0.25) is 0 Å². The summed E-state index contributed by atoms with van der Waals surface area (Å²) in [6.07, 6.45) is 10.7. The molecule has 0 aliphatic carbocycles. The van der Waals surface area contributed by atoms with Crippen LogP contribution in [0.1, 0.15) is 72.1 Å². The standard InChI is InChI=1S/C16H33NO2/c1-4-6-7-8-9-10-11-12-13-17-14-15(3)16(18)19-5-2/h15,17H,4-14H2,1-3H3. The van der Waals surface area contributed by atoms with Crippen molar-refractivity contribution in [3.05, 3.63) is 0 Å². The molecule has 0 aromatic heterocycles. The lowest BCUT2D eigenvalue weighted by Gasteiger charge is -2.11. The zero-order valence-corrected chi connectivity index (χ0v) is 13.2. The Balaban J connectivity index is 3.20. The topological polar surface area (TPSA) is 38.3 Å². The number of nitrogens with one attached hydrogen (secondary N) is 1. The Morgan fingerprint density at radius 3 is 2.16 bits per heavy atom. The van der Waals surface area contributed by atoms with E-state index in [0.29, 0.717) is 6.61 Å². The van der Waals surface area contributed by atoms with Gasteiger partial charge < -0.3 is 10.1 Å². The van der Waals surface area contributed by atoms with Crippen LogP contribution in [-0.2, 0) is 9.53 Å². The van der Waals surface area contributed by atoms with Gasteiger partial charge in [-0.25, -0.2) is 0 Å². The number of carbonyl (C=O) groups is 1. The van der Waals surface area contributed by atoms with Crippen molar-refractivity contribution in [3.63, 3.8) is 0 Å². The van der Waals surface area contributed by atoms with Gasteiger partial charge in [-0.15, -0.1) is 0 Å². The largest absolute Gasteiger partial charge is 0.466 e.